The van der Waals surface area contributed by atoms with Crippen molar-refractivity contribution in [2.75, 3.05) is 21.3 Å². The van der Waals surface area contributed by atoms with Crippen LogP contribution in [0.1, 0.15) is 31.8 Å². The number of nitrogens with one attached hydrogen (secondary N) is 4. The van der Waals surface area contributed by atoms with Crippen molar-refractivity contribution in [2.45, 2.75) is 23.6 Å². The molecule has 4 amide bonds. The van der Waals surface area contributed by atoms with E-state index in [0.717, 1.165) is 12.1 Å². The molecule has 0 radical (unpaired) electrons. The zero-order chi connectivity index (χ0) is 40.7. The summed E-state index contributed by atoms with van der Waals surface area (Å²) in [6.07, 6.45) is 0. The predicted molar refractivity (Wildman–Crippen MR) is 206 cm³/mol. The lowest BCUT2D eigenvalue weighted by atomic mass is 10.1. The maximum atomic E-state index is 13.3. The number of amides is 4. The summed E-state index contributed by atoms with van der Waals surface area (Å²) in [5.74, 6) is -5.03. The van der Waals surface area contributed by atoms with E-state index in [1.807, 2.05) is 0 Å². The Morgan fingerprint density at radius 3 is 1.23 bits per heavy atom. The van der Waals surface area contributed by atoms with Crippen molar-refractivity contribution >= 4 is 88.2 Å². The summed E-state index contributed by atoms with van der Waals surface area (Å²) in [4.78, 5) is 51.4. The van der Waals surface area contributed by atoms with E-state index in [0.29, 0.717) is 11.1 Å². The Bertz CT molecular complexity index is 2700. The maximum Gasteiger partial charge on any atom is 0.314 e. The Hall–Kier alpha value is -6.86. The van der Waals surface area contributed by atoms with E-state index < -0.39 is 65.2 Å². The van der Waals surface area contributed by atoms with Crippen molar-refractivity contribution in [1.29, 1.82) is 0 Å². The molecule has 0 aliphatic carbocycles. The molecule has 0 heterocycles. The lowest BCUT2D eigenvalue weighted by molar-refractivity contribution is -0.132. The highest BCUT2D eigenvalue weighted by Crippen LogP contribution is 2.38. The van der Waals surface area contributed by atoms with Gasteiger partial charge in [-0.25, -0.2) is 0 Å². The van der Waals surface area contributed by atoms with Crippen molar-refractivity contribution in [1.82, 2.24) is 0 Å². The average molecular weight is 799 g/mol. The smallest absolute Gasteiger partial charge is 0.314 e. The van der Waals surface area contributed by atoms with Crippen LogP contribution in [0.25, 0.3) is 21.5 Å². The van der Waals surface area contributed by atoms with Crippen molar-refractivity contribution < 1.29 is 55.3 Å². The van der Waals surface area contributed by atoms with Gasteiger partial charge in [-0.3, -0.25) is 28.3 Å². The van der Waals surface area contributed by atoms with Crippen molar-refractivity contribution in [3.63, 3.8) is 0 Å². The molecule has 16 nitrogen and oxygen atoms in total. The number of carbonyl (C=O) groups is 4. The Labute approximate surface area is 318 Å². The lowest BCUT2D eigenvalue weighted by Gasteiger charge is -2.14. The summed E-state index contributed by atoms with van der Waals surface area (Å²) < 4.78 is 67.0. The molecule has 0 aliphatic rings. The number of aromatic hydroxyl groups is 2. The summed E-state index contributed by atoms with van der Waals surface area (Å²) in [5, 5.41) is 31.6. The number of aryl methyl sites for hydroxylation is 2. The van der Waals surface area contributed by atoms with E-state index in [1.165, 1.54) is 84.9 Å². The van der Waals surface area contributed by atoms with Crippen LogP contribution in [-0.2, 0) is 29.8 Å². The fraction of sp³-hybridized carbons (Fsp3) is 0.0526. The molecule has 0 saturated carbocycles. The maximum absolute atomic E-state index is 13.3. The third-order valence-corrected chi connectivity index (χ3v) is 10.5. The van der Waals surface area contributed by atoms with E-state index >= 15 is 0 Å². The van der Waals surface area contributed by atoms with E-state index in [9.17, 15) is 55.3 Å². The van der Waals surface area contributed by atoms with Crippen LogP contribution in [0.5, 0.6) is 11.5 Å². The Kier molecular flexibility index (Phi) is 10.2. The zero-order valence-corrected chi connectivity index (χ0v) is 30.7. The minimum absolute atomic E-state index is 0.0200. The van der Waals surface area contributed by atoms with Gasteiger partial charge in [0.25, 0.3) is 32.1 Å². The van der Waals surface area contributed by atoms with Crippen LogP contribution in [0.3, 0.4) is 0 Å². The van der Waals surface area contributed by atoms with Crippen LogP contribution in [0.2, 0.25) is 0 Å². The average Bonchev–Trinajstić information content (AvgIpc) is 3.14. The van der Waals surface area contributed by atoms with Gasteiger partial charge >= 0.3 is 11.8 Å². The van der Waals surface area contributed by atoms with Gasteiger partial charge in [-0.15, -0.1) is 0 Å². The summed E-state index contributed by atoms with van der Waals surface area (Å²) in [7, 11) is -9.45. The molecule has 56 heavy (non-hydrogen) atoms. The van der Waals surface area contributed by atoms with Gasteiger partial charge < -0.3 is 31.5 Å². The fourth-order valence-corrected chi connectivity index (χ4v) is 7.38. The van der Waals surface area contributed by atoms with Gasteiger partial charge in [0.05, 0.1) is 11.4 Å². The molecule has 0 aliphatic heterocycles. The number of carbonyl (C=O) groups excluding carboxylic acids is 4. The second-order valence-corrected chi connectivity index (χ2v) is 15.2. The fourth-order valence-electron chi connectivity index (χ4n) is 5.93. The van der Waals surface area contributed by atoms with Gasteiger partial charge in [-0.05, 0) is 84.3 Å². The standard InChI is InChI=1S/C38H30N4O12S2/c1-19-9-13-23(17-25(19)35(45)41-27-15-11-21-5-3-7-29(55(49,50)51)31(21)33(27)43)39-37(47)38(48)40-24-14-10-20(2)26(18-24)36(46)42-28-16-12-22-6-4-8-30(56(52,53)54)32(22)34(28)44/h3-18,43-44H,1-2H3,(H,39,47)(H,40,48)(H,41,45)(H,42,46)(H,49,50,51)(H,52,53,54). The monoisotopic (exact) mass is 798 g/mol. The van der Waals surface area contributed by atoms with Gasteiger partial charge in [-0.2, -0.15) is 16.8 Å². The van der Waals surface area contributed by atoms with Crippen LogP contribution < -0.4 is 21.3 Å². The van der Waals surface area contributed by atoms with Crippen LogP contribution >= 0.6 is 0 Å². The van der Waals surface area contributed by atoms with Crippen molar-refractivity contribution in [3.8, 4) is 11.5 Å². The molecule has 0 bridgehead atoms. The number of phenols is 2. The van der Waals surface area contributed by atoms with Crippen LogP contribution in [0.4, 0.5) is 22.7 Å². The molecule has 0 aromatic heterocycles. The summed E-state index contributed by atoms with van der Waals surface area (Å²) in [6, 6.07) is 21.9. The molecule has 8 N–H and O–H groups in total. The Morgan fingerprint density at radius 1 is 0.500 bits per heavy atom. The van der Waals surface area contributed by atoms with Crippen LogP contribution in [0, 0.1) is 13.8 Å². The first-order valence-corrected chi connectivity index (χ1v) is 19.1. The summed E-state index contributed by atoms with van der Waals surface area (Å²) in [5.41, 5.74) is 0.646. The number of benzene rings is 6. The zero-order valence-electron chi connectivity index (χ0n) is 29.1. The molecule has 0 atom stereocenters. The number of hydrogen-bond acceptors (Lipinski definition) is 10. The van der Waals surface area contributed by atoms with Gasteiger partial charge in [0.1, 0.15) is 21.3 Å². The first-order chi connectivity index (χ1) is 26.3. The number of rotatable bonds is 8. The molecule has 0 spiro atoms. The second-order valence-electron chi connectivity index (χ2n) is 12.5. The molecule has 286 valence electrons. The highest BCUT2D eigenvalue weighted by atomic mass is 32.2. The minimum atomic E-state index is -4.73. The molecule has 0 saturated heterocycles. The molecular formula is C38H30N4O12S2. The van der Waals surface area contributed by atoms with Crippen LogP contribution in [0.15, 0.2) is 107 Å². The van der Waals surface area contributed by atoms with Gasteiger partial charge in [0.15, 0.2) is 0 Å². The number of anilines is 4. The molecular weight excluding hydrogens is 769 g/mol. The quantitative estimate of drug-likeness (QED) is 0.0532. The van der Waals surface area contributed by atoms with E-state index in [-0.39, 0.29) is 55.4 Å². The molecule has 6 aromatic carbocycles. The normalized spacial score (nSPS) is 11.6. The lowest BCUT2D eigenvalue weighted by Crippen LogP contribution is -2.29. The van der Waals surface area contributed by atoms with Crippen LogP contribution in [-0.4, -0.2) is 59.8 Å². The largest absolute Gasteiger partial charge is 0.505 e. The number of hydrogen-bond donors (Lipinski definition) is 8. The molecule has 18 heteroatoms. The van der Waals surface area contributed by atoms with Crippen molar-refractivity contribution in [3.05, 3.63) is 119 Å². The van der Waals surface area contributed by atoms with Gasteiger partial charge in [-0.1, -0.05) is 48.5 Å². The third-order valence-electron chi connectivity index (χ3n) is 8.70. The first kappa shape index (κ1) is 38.9. The number of phenolic OH excluding ortho intramolecular Hbond substituents is 2. The third kappa shape index (κ3) is 7.84. The SMILES string of the molecule is Cc1ccc(NC(=O)C(=O)Nc2ccc(C)c(C(=O)Nc3ccc4cccc(S(=O)(=O)O)c4c3O)c2)cc1C(=O)Nc1ccc2cccc(S(=O)(=O)O)c2c1O. The second kappa shape index (κ2) is 14.8. The minimum Gasteiger partial charge on any atom is -0.505 e. The highest BCUT2D eigenvalue weighted by molar-refractivity contribution is 7.86. The van der Waals surface area contributed by atoms with Gasteiger partial charge in [0, 0.05) is 33.3 Å². The molecule has 0 fully saturated rings. The topological polar surface area (TPSA) is 266 Å². The molecule has 6 aromatic rings. The first-order valence-electron chi connectivity index (χ1n) is 16.2. The predicted octanol–water partition coefficient (Wildman–Crippen LogP) is 5.60. The Morgan fingerprint density at radius 2 is 0.875 bits per heavy atom. The van der Waals surface area contributed by atoms with Gasteiger partial charge in [0.2, 0.25) is 0 Å². The molecule has 0 unspecified atom stereocenters. The highest BCUT2D eigenvalue weighted by Gasteiger charge is 2.23. The van der Waals surface area contributed by atoms with E-state index in [1.54, 1.807) is 13.8 Å². The summed E-state index contributed by atoms with van der Waals surface area (Å²) in [6.45, 7) is 3.18. The number of fused-ring (bicyclic) bond motifs is 2. The Balaban J connectivity index is 1.16. The van der Waals surface area contributed by atoms with Crippen molar-refractivity contribution in [2.24, 2.45) is 0 Å². The van der Waals surface area contributed by atoms with E-state index in [4.69, 9.17) is 0 Å². The molecule has 6 rings (SSSR count). The van der Waals surface area contributed by atoms with E-state index in [2.05, 4.69) is 21.3 Å². The summed E-state index contributed by atoms with van der Waals surface area (Å²) >= 11 is 0.